The third-order valence-corrected chi connectivity index (χ3v) is 3.00. The number of rotatable bonds is 3. The lowest BCUT2D eigenvalue weighted by atomic mass is 9.96. The van der Waals surface area contributed by atoms with E-state index in [-0.39, 0.29) is 6.42 Å². The van der Waals surface area contributed by atoms with Gasteiger partial charge in [-0.2, -0.15) is 5.10 Å². The summed E-state index contributed by atoms with van der Waals surface area (Å²) in [5, 5.41) is 13.1. The van der Waals surface area contributed by atoms with Crippen LogP contribution in [0.5, 0.6) is 0 Å². The van der Waals surface area contributed by atoms with Gasteiger partial charge in [-0.25, -0.2) is 0 Å². The minimum atomic E-state index is -0.757. The molecule has 0 spiro atoms. The monoisotopic (exact) mass is 208 g/mol. The Hall–Kier alpha value is -1.32. The van der Waals surface area contributed by atoms with Gasteiger partial charge in [0.1, 0.15) is 0 Å². The maximum Gasteiger partial charge on any atom is 0.305 e. The molecule has 1 aliphatic rings. The van der Waals surface area contributed by atoms with E-state index in [1.165, 1.54) is 24.1 Å². The number of hydrogen-bond acceptors (Lipinski definition) is 2. The van der Waals surface area contributed by atoms with E-state index in [1.807, 2.05) is 11.6 Å². The lowest BCUT2D eigenvalue weighted by Crippen LogP contribution is -2.12. The molecule has 0 saturated heterocycles. The summed E-state index contributed by atoms with van der Waals surface area (Å²) in [5.74, 6) is -0.757. The highest BCUT2D eigenvalue weighted by molar-refractivity contribution is 5.66. The summed E-state index contributed by atoms with van der Waals surface area (Å²) in [5.41, 5.74) is 3.70. The Morgan fingerprint density at radius 1 is 1.47 bits per heavy atom. The van der Waals surface area contributed by atoms with E-state index < -0.39 is 5.97 Å². The van der Waals surface area contributed by atoms with Gasteiger partial charge in [-0.1, -0.05) is 0 Å². The second-order valence-electron chi connectivity index (χ2n) is 4.08. The van der Waals surface area contributed by atoms with Crippen LogP contribution in [0.1, 0.15) is 36.2 Å². The third kappa shape index (κ3) is 2.03. The summed E-state index contributed by atoms with van der Waals surface area (Å²) >= 11 is 0. The zero-order valence-electron chi connectivity index (χ0n) is 8.99. The Labute approximate surface area is 88.9 Å². The second kappa shape index (κ2) is 4.04. The number of hydrogen-bond donors (Lipinski definition) is 1. The van der Waals surface area contributed by atoms with E-state index in [0.29, 0.717) is 6.54 Å². The smallest absolute Gasteiger partial charge is 0.305 e. The first kappa shape index (κ1) is 10.2. The molecule has 0 aliphatic heterocycles. The van der Waals surface area contributed by atoms with Gasteiger partial charge in [-0.05, 0) is 38.2 Å². The topological polar surface area (TPSA) is 55.1 Å². The minimum absolute atomic E-state index is 0.160. The van der Waals surface area contributed by atoms with Crippen molar-refractivity contribution in [2.75, 3.05) is 0 Å². The van der Waals surface area contributed by atoms with Crippen LogP contribution in [-0.4, -0.2) is 20.9 Å². The van der Waals surface area contributed by atoms with Gasteiger partial charge < -0.3 is 5.11 Å². The lowest BCUT2D eigenvalue weighted by molar-refractivity contribution is -0.137. The molecule has 1 aliphatic carbocycles. The number of carboxylic acids is 1. The van der Waals surface area contributed by atoms with Crippen molar-refractivity contribution in [3.05, 3.63) is 17.0 Å². The highest BCUT2D eigenvalue weighted by Crippen LogP contribution is 2.23. The third-order valence-electron chi connectivity index (χ3n) is 3.00. The predicted molar refractivity (Wildman–Crippen MR) is 55.9 cm³/mol. The van der Waals surface area contributed by atoms with Crippen molar-refractivity contribution >= 4 is 5.97 Å². The standard InChI is InChI=1S/C11H16N2O2/c1-8-9-4-2-3-5-10(9)13(12-8)7-6-11(14)15/h2-7H2,1H3,(H,14,15). The molecular formula is C11H16N2O2. The molecule has 1 heterocycles. The van der Waals surface area contributed by atoms with Crippen molar-refractivity contribution in [3.8, 4) is 0 Å². The van der Waals surface area contributed by atoms with Crippen molar-refractivity contribution in [2.45, 2.75) is 45.6 Å². The van der Waals surface area contributed by atoms with E-state index in [2.05, 4.69) is 5.10 Å². The molecule has 4 nitrogen and oxygen atoms in total. The van der Waals surface area contributed by atoms with Crippen molar-refractivity contribution < 1.29 is 9.90 Å². The lowest BCUT2D eigenvalue weighted by Gasteiger charge is -2.13. The summed E-state index contributed by atoms with van der Waals surface area (Å²) in [6.45, 7) is 2.52. The van der Waals surface area contributed by atoms with Gasteiger partial charge in [0.15, 0.2) is 0 Å². The Morgan fingerprint density at radius 3 is 2.93 bits per heavy atom. The second-order valence-corrected chi connectivity index (χ2v) is 4.08. The molecule has 2 rings (SSSR count). The summed E-state index contributed by atoms with van der Waals surface area (Å²) in [6, 6.07) is 0. The molecule has 0 atom stereocenters. The van der Waals surface area contributed by atoms with Crippen molar-refractivity contribution in [3.63, 3.8) is 0 Å². The Balaban J connectivity index is 2.20. The van der Waals surface area contributed by atoms with Crippen LogP contribution in [0.3, 0.4) is 0 Å². The fraction of sp³-hybridized carbons (Fsp3) is 0.636. The molecule has 1 aromatic heterocycles. The molecule has 0 unspecified atom stereocenters. The molecule has 0 aromatic carbocycles. The van der Waals surface area contributed by atoms with Crippen LogP contribution in [0.15, 0.2) is 0 Å². The minimum Gasteiger partial charge on any atom is -0.481 e. The number of fused-ring (bicyclic) bond motifs is 1. The van der Waals surface area contributed by atoms with E-state index in [1.54, 1.807) is 0 Å². The van der Waals surface area contributed by atoms with Crippen molar-refractivity contribution in [1.29, 1.82) is 0 Å². The molecule has 15 heavy (non-hydrogen) atoms. The van der Waals surface area contributed by atoms with E-state index in [9.17, 15) is 4.79 Å². The predicted octanol–water partition coefficient (Wildman–Crippen LogP) is 1.55. The Bertz CT molecular complexity index is 382. The van der Waals surface area contributed by atoms with Crippen LogP contribution >= 0.6 is 0 Å². The molecule has 4 heteroatoms. The Kier molecular flexibility index (Phi) is 2.75. The molecular weight excluding hydrogens is 192 g/mol. The highest BCUT2D eigenvalue weighted by atomic mass is 16.4. The van der Waals surface area contributed by atoms with Gasteiger partial charge in [-0.3, -0.25) is 9.48 Å². The van der Waals surface area contributed by atoms with Crippen molar-refractivity contribution in [1.82, 2.24) is 9.78 Å². The molecule has 0 amide bonds. The van der Waals surface area contributed by atoms with Crippen molar-refractivity contribution in [2.24, 2.45) is 0 Å². The van der Waals surface area contributed by atoms with Crippen LogP contribution in [-0.2, 0) is 24.2 Å². The largest absolute Gasteiger partial charge is 0.481 e. The zero-order valence-corrected chi connectivity index (χ0v) is 8.99. The SMILES string of the molecule is Cc1nn(CCC(=O)O)c2c1CCCC2. The number of carboxylic acid groups (broad SMARTS) is 1. The van der Waals surface area contributed by atoms with Crippen LogP contribution in [0.2, 0.25) is 0 Å². The summed E-state index contributed by atoms with van der Waals surface area (Å²) in [4.78, 5) is 10.5. The molecule has 0 bridgehead atoms. The number of aromatic nitrogens is 2. The normalized spacial score (nSPS) is 15.0. The van der Waals surface area contributed by atoms with Crippen LogP contribution in [0.25, 0.3) is 0 Å². The van der Waals surface area contributed by atoms with Gasteiger partial charge >= 0.3 is 5.97 Å². The van der Waals surface area contributed by atoms with E-state index in [0.717, 1.165) is 18.5 Å². The number of carbonyl (C=O) groups is 1. The summed E-state index contributed by atoms with van der Waals surface area (Å²) < 4.78 is 1.89. The first-order valence-electron chi connectivity index (χ1n) is 5.45. The maximum absolute atomic E-state index is 10.5. The summed E-state index contributed by atoms with van der Waals surface area (Å²) in [6.07, 6.45) is 4.75. The van der Waals surface area contributed by atoms with Crippen LogP contribution in [0.4, 0.5) is 0 Å². The average molecular weight is 208 g/mol. The van der Waals surface area contributed by atoms with Gasteiger partial charge in [0.05, 0.1) is 18.7 Å². The Morgan fingerprint density at radius 2 is 2.20 bits per heavy atom. The molecule has 0 saturated carbocycles. The first-order valence-corrected chi connectivity index (χ1v) is 5.45. The molecule has 1 N–H and O–H groups in total. The van der Waals surface area contributed by atoms with E-state index in [4.69, 9.17) is 5.11 Å². The first-order chi connectivity index (χ1) is 7.18. The van der Waals surface area contributed by atoms with E-state index >= 15 is 0 Å². The fourth-order valence-corrected chi connectivity index (χ4v) is 2.25. The molecule has 0 fully saturated rings. The number of aryl methyl sites for hydroxylation is 2. The number of aliphatic carboxylic acids is 1. The van der Waals surface area contributed by atoms with Gasteiger partial charge in [0.25, 0.3) is 0 Å². The van der Waals surface area contributed by atoms with Gasteiger partial charge in [-0.15, -0.1) is 0 Å². The van der Waals surface area contributed by atoms with Crippen LogP contribution in [0, 0.1) is 6.92 Å². The number of nitrogens with zero attached hydrogens (tertiary/aromatic N) is 2. The maximum atomic E-state index is 10.5. The fourth-order valence-electron chi connectivity index (χ4n) is 2.25. The molecule has 82 valence electrons. The zero-order chi connectivity index (χ0) is 10.8. The van der Waals surface area contributed by atoms with Gasteiger partial charge in [0.2, 0.25) is 0 Å². The summed E-state index contributed by atoms with van der Waals surface area (Å²) in [7, 11) is 0. The quantitative estimate of drug-likeness (QED) is 0.819. The molecule has 0 radical (unpaired) electrons. The van der Waals surface area contributed by atoms with Gasteiger partial charge in [0, 0.05) is 5.69 Å². The van der Waals surface area contributed by atoms with Crippen LogP contribution < -0.4 is 0 Å². The average Bonchev–Trinajstić information content (AvgIpc) is 2.54. The molecule has 1 aromatic rings. The highest BCUT2D eigenvalue weighted by Gasteiger charge is 2.18.